The normalized spacial score (nSPS) is 14.7. The van der Waals surface area contributed by atoms with Gasteiger partial charge in [0.05, 0.1) is 16.9 Å². The zero-order valence-corrected chi connectivity index (χ0v) is 21.6. The highest BCUT2D eigenvalue weighted by Crippen LogP contribution is 2.33. The van der Waals surface area contributed by atoms with Crippen molar-refractivity contribution in [2.24, 2.45) is 0 Å². The molecule has 0 spiro atoms. The van der Waals surface area contributed by atoms with E-state index < -0.39 is 0 Å². The lowest BCUT2D eigenvalue weighted by molar-refractivity contribution is 0.220. The summed E-state index contributed by atoms with van der Waals surface area (Å²) in [5, 5.41) is 7.79. The maximum atomic E-state index is 5.04. The van der Waals surface area contributed by atoms with Crippen LogP contribution in [-0.4, -0.2) is 48.1 Å². The van der Waals surface area contributed by atoms with Gasteiger partial charge in [0.15, 0.2) is 0 Å². The second-order valence-corrected chi connectivity index (χ2v) is 9.86. The molecular formula is C31H31N7. The summed E-state index contributed by atoms with van der Waals surface area (Å²) in [4.78, 5) is 19.8. The number of nitrogens with one attached hydrogen (secondary N) is 2. The van der Waals surface area contributed by atoms with Crippen LogP contribution in [0.1, 0.15) is 41.6 Å². The fourth-order valence-electron chi connectivity index (χ4n) is 5.29. The molecule has 0 bridgehead atoms. The Morgan fingerprint density at radius 2 is 1.87 bits per heavy atom. The molecule has 5 aromatic rings. The summed E-state index contributed by atoms with van der Waals surface area (Å²) in [6.45, 7) is 9.25. The molecule has 0 aliphatic carbocycles. The van der Waals surface area contributed by atoms with Crippen LogP contribution in [0.25, 0.3) is 39.3 Å². The van der Waals surface area contributed by atoms with Crippen molar-refractivity contribution in [3.63, 3.8) is 0 Å². The molecule has 0 saturated carbocycles. The molecular weight excluding hydrogens is 470 g/mol. The highest BCUT2D eigenvalue weighted by atomic mass is 15.1. The van der Waals surface area contributed by atoms with Crippen LogP contribution >= 0.6 is 0 Å². The highest BCUT2D eigenvalue weighted by molar-refractivity contribution is 5.92. The lowest BCUT2D eigenvalue weighted by Gasteiger charge is -2.26. The molecule has 7 nitrogen and oxygen atoms in total. The predicted octanol–water partition coefficient (Wildman–Crippen LogP) is 6.32. The average Bonchev–Trinajstić information content (AvgIpc) is 3.55. The topological polar surface area (TPSA) is 86.4 Å². The summed E-state index contributed by atoms with van der Waals surface area (Å²) in [6, 6.07) is 12.4. The van der Waals surface area contributed by atoms with E-state index in [9.17, 15) is 0 Å². The van der Waals surface area contributed by atoms with Gasteiger partial charge in [-0.1, -0.05) is 25.2 Å². The van der Waals surface area contributed by atoms with Gasteiger partial charge in [-0.25, -0.2) is 4.98 Å². The number of H-pyrrole nitrogens is 2. The van der Waals surface area contributed by atoms with Gasteiger partial charge in [0.1, 0.15) is 11.2 Å². The van der Waals surface area contributed by atoms with Crippen molar-refractivity contribution in [3.8, 4) is 22.6 Å². The van der Waals surface area contributed by atoms with Gasteiger partial charge in [0, 0.05) is 48.2 Å². The van der Waals surface area contributed by atoms with Crippen LogP contribution in [0.5, 0.6) is 0 Å². The summed E-state index contributed by atoms with van der Waals surface area (Å²) in [5.41, 5.74) is 10.9. The molecule has 38 heavy (non-hydrogen) atoms. The third kappa shape index (κ3) is 4.80. The van der Waals surface area contributed by atoms with Gasteiger partial charge in [0.25, 0.3) is 0 Å². The van der Waals surface area contributed by atoms with Crippen LogP contribution in [0.15, 0.2) is 79.9 Å². The van der Waals surface area contributed by atoms with Crippen molar-refractivity contribution >= 4 is 16.6 Å². The minimum atomic E-state index is 0.793. The summed E-state index contributed by atoms with van der Waals surface area (Å²) in [7, 11) is 0. The number of hydrogen-bond acceptors (Lipinski definition) is 5. The highest BCUT2D eigenvalue weighted by Gasteiger charge is 2.18. The Hall–Kier alpha value is -4.36. The number of fused-ring (bicyclic) bond motifs is 1. The van der Waals surface area contributed by atoms with Gasteiger partial charge in [-0.3, -0.25) is 20.0 Å². The number of allylic oxidation sites excluding steroid dienone is 2. The zero-order valence-electron chi connectivity index (χ0n) is 21.6. The molecule has 1 saturated heterocycles. The van der Waals surface area contributed by atoms with Gasteiger partial charge < -0.3 is 4.98 Å². The Labute approximate surface area is 222 Å². The molecule has 5 aromatic heterocycles. The minimum absolute atomic E-state index is 0.793. The molecule has 2 N–H and O–H groups in total. The second-order valence-electron chi connectivity index (χ2n) is 9.86. The average molecular weight is 502 g/mol. The Morgan fingerprint density at radius 1 is 1.03 bits per heavy atom. The summed E-state index contributed by atoms with van der Waals surface area (Å²) >= 11 is 0. The predicted molar refractivity (Wildman–Crippen MR) is 152 cm³/mol. The quantitative estimate of drug-likeness (QED) is 0.255. The van der Waals surface area contributed by atoms with Crippen LogP contribution in [0.2, 0.25) is 0 Å². The van der Waals surface area contributed by atoms with E-state index in [1.54, 1.807) is 12.4 Å². The maximum absolute atomic E-state index is 5.04. The number of piperidine rings is 1. The number of pyridine rings is 3. The first-order valence-corrected chi connectivity index (χ1v) is 13.1. The maximum Gasteiger partial charge on any atom is 0.135 e. The zero-order chi connectivity index (χ0) is 25.9. The number of rotatable bonds is 7. The van der Waals surface area contributed by atoms with Crippen molar-refractivity contribution in [1.82, 2.24) is 35.0 Å². The van der Waals surface area contributed by atoms with E-state index in [1.165, 1.54) is 24.8 Å². The van der Waals surface area contributed by atoms with E-state index in [2.05, 4.69) is 55.7 Å². The van der Waals surface area contributed by atoms with Crippen molar-refractivity contribution in [1.29, 1.82) is 0 Å². The molecule has 0 aromatic carbocycles. The Morgan fingerprint density at radius 3 is 2.68 bits per heavy atom. The van der Waals surface area contributed by atoms with Crippen molar-refractivity contribution < 1.29 is 0 Å². The first-order chi connectivity index (χ1) is 18.7. The Kier molecular flexibility index (Phi) is 6.67. The molecule has 7 heteroatoms. The molecule has 0 atom stereocenters. The van der Waals surface area contributed by atoms with Gasteiger partial charge in [-0.15, -0.1) is 0 Å². The van der Waals surface area contributed by atoms with Gasteiger partial charge >= 0.3 is 0 Å². The standard InChI is InChI=1S/C31H31N7/c1-3-7-25(23-10-12-32-13-11-23)26-17-29(34-21(26)2)31-30-28(36-37-31)9-8-27(35-30)24-16-22(18-33-19-24)20-38-14-5-4-6-15-38/h3,7-13,16-19,34H,1,4-6,14-15,20H2,2H3,(H,36,37)/b25-7-. The monoisotopic (exact) mass is 501 g/mol. The number of aromatic nitrogens is 6. The third-order valence-corrected chi connectivity index (χ3v) is 7.19. The van der Waals surface area contributed by atoms with Gasteiger partial charge in [0.2, 0.25) is 0 Å². The first kappa shape index (κ1) is 24.0. The molecule has 190 valence electrons. The number of aromatic amines is 2. The number of nitrogens with zero attached hydrogens (tertiary/aromatic N) is 5. The molecule has 1 aliphatic heterocycles. The van der Waals surface area contributed by atoms with Gasteiger partial charge in [-0.05, 0) is 86.0 Å². The van der Waals surface area contributed by atoms with Crippen molar-refractivity contribution in [2.45, 2.75) is 32.7 Å². The SMILES string of the molecule is C=C/C=C(/c1ccncc1)c1cc(-c2n[nH]c3ccc(-c4cncc(CN5CCCCC5)c4)nc23)[nH]c1C. The lowest BCUT2D eigenvalue weighted by Crippen LogP contribution is -2.29. The van der Waals surface area contributed by atoms with Gasteiger partial charge in [-0.2, -0.15) is 5.10 Å². The van der Waals surface area contributed by atoms with E-state index in [0.29, 0.717) is 0 Å². The van der Waals surface area contributed by atoms with E-state index in [4.69, 9.17) is 4.98 Å². The van der Waals surface area contributed by atoms with Crippen LogP contribution in [0, 0.1) is 6.92 Å². The van der Waals surface area contributed by atoms with Crippen molar-refractivity contribution in [2.75, 3.05) is 13.1 Å². The van der Waals surface area contributed by atoms with E-state index >= 15 is 0 Å². The van der Waals surface area contributed by atoms with Crippen LogP contribution in [-0.2, 0) is 6.54 Å². The number of hydrogen-bond donors (Lipinski definition) is 2. The third-order valence-electron chi connectivity index (χ3n) is 7.19. The molecule has 1 aliphatic rings. The number of likely N-dealkylation sites (tertiary alicyclic amines) is 1. The van der Waals surface area contributed by atoms with E-state index in [-0.39, 0.29) is 0 Å². The lowest BCUT2D eigenvalue weighted by atomic mass is 9.98. The fraction of sp³-hybridized carbons (Fsp3) is 0.226. The molecule has 6 rings (SSSR count). The molecule has 0 radical (unpaired) electrons. The first-order valence-electron chi connectivity index (χ1n) is 13.1. The Balaban J connectivity index is 1.34. The van der Waals surface area contributed by atoms with Crippen LogP contribution < -0.4 is 0 Å². The molecule has 0 amide bonds. The summed E-state index contributed by atoms with van der Waals surface area (Å²) in [5.74, 6) is 0. The van der Waals surface area contributed by atoms with Crippen LogP contribution in [0.3, 0.4) is 0 Å². The smallest absolute Gasteiger partial charge is 0.135 e. The molecule has 1 fully saturated rings. The Bertz CT molecular complexity index is 1600. The fourth-order valence-corrected chi connectivity index (χ4v) is 5.29. The molecule has 6 heterocycles. The molecule has 0 unspecified atom stereocenters. The number of aryl methyl sites for hydroxylation is 1. The summed E-state index contributed by atoms with van der Waals surface area (Å²) in [6.07, 6.45) is 15.2. The van der Waals surface area contributed by atoms with E-state index in [1.807, 2.05) is 48.8 Å². The second kappa shape index (κ2) is 10.6. The van der Waals surface area contributed by atoms with E-state index in [0.717, 1.165) is 75.7 Å². The minimum Gasteiger partial charge on any atom is -0.357 e. The van der Waals surface area contributed by atoms with Crippen LogP contribution in [0.4, 0.5) is 0 Å². The summed E-state index contributed by atoms with van der Waals surface area (Å²) < 4.78 is 0. The largest absolute Gasteiger partial charge is 0.357 e. The van der Waals surface area contributed by atoms with Crippen molar-refractivity contribution in [3.05, 3.63) is 102 Å².